The molecule has 0 aliphatic rings. The second-order valence-electron chi connectivity index (χ2n) is 7.35. The van der Waals surface area contributed by atoms with Gasteiger partial charge in [0, 0.05) is 5.56 Å². The summed E-state index contributed by atoms with van der Waals surface area (Å²) in [6.45, 7) is 4.32. The number of thioether (sulfide) groups is 1. The van der Waals surface area contributed by atoms with Gasteiger partial charge < -0.3 is 0 Å². The fraction of sp³-hybridized carbons (Fsp3) is 0.160. The summed E-state index contributed by atoms with van der Waals surface area (Å²) in [5.41, 5.74) is 3.19. The molecule has 0 fully saturated rings. The third-order valence-corrected chi connectivity index (χ3v) is 6.08. The van der Waals surface area contributed by atoms with Crippen LogP contribution in [0.4, 0.5) is 4.39 Å². The Kier molecular flexibility index (Phi) is 6.28. The summed E-state index contributed by atoms with van der Waals surface area (Å²) in [7, 11) is 0. The smallest absolute Gasteiger partial charge is 0.192 e. The Labute approximate surface area is 185 Å². The van der Waals surface area contributed by atoms with Gasteiger partial charge in [-0.1, -0.05) is 84.1 Å². The third kappa shape index (κ3) is 4.75. The van der Waals surface area contributed by atoms with Crippen LogP contribution in [-0.2, 0) is 6.54 Å². The molecule has 0 unspecified atom stereocenters. The fourth-order valence-electron chi connectivity index (χ4n) is 3.29. The van der Waals surface area contributed by atoms with E-state index in [4.69, 9.17) is 0 Å². The number of ketones is 1. The van der Waals surface area contributed by atoms with Gasteiger partial charge in [0.15, 0.2) is 16.8 Å². The Bertz CT molecular complexity index is 1190. The van der Waals surface area contributed by atoms with E-state index >= 15 is 0 Å². The highest BCUT2D eigenvalue weighted by Crippen LogP contribution is 2.30. The summed E-state index contributed by atoms with van der Waals surface area (Å²) in [5, 5.41) is 8.81. The van der Waals surface area contributed by atoms with Crippen LogP contribution < -0.4 is 0 Å². The van der Waals surface area contributed by atoms with Gasteiger partial charge >= 0.3 is 0 Å². The Morgan fingerprint density at radius 1 is 0.968 bits per heavy atom. The van der Waals surface area contributed by atoms with E-state index in [1.807, 2.05) is 73.0 Å². The summed E-state index contributed by atoms with van der Waals surface area (Å²) >= 11 is 1.34. The van der Waals surface area contributed by atoms with E-state index in [-0.39, 0.29) is 16.9 Å². The van der Waals surface area contributed by atoms with Crippen LogP contribution in [0.1, 0.15) is 28.4 Å². The van der Waals surface area contributed by atoms with Gasteiger partial charge in [0.2, 0.25) is 0 Å². The zero-order valence-corrected chi connectivity index (χ0v) is 18.1. The molecule has 0 saturated heterocycles. The Morgan fingerprint density at radius 3 is 2.35 bits per heavy atom. The highest BCUT2D eigenvalue weighted by atomic mass is 32.2. The van der Waals surface area contributed by atoms with Crippen molar-refractivity contribution in [2.75, 3.05) is 0 Å². The van der Waals surface area contributed by atoms with E-state index in [2.05, 4.69) is 10.2 Å². The molecule has 156 valence electrons. The van der Waals surface area contributed by atoms with Crippen molar-refractivity contribution < 1.29 is 9.18 Å². The third-order valence-electron chi connectivity index (χ3n) is 5.00. The number of hydrogen-bond donors (Lipinski definition) is 0. The van der Waals surface area contributed by atoms with Crippen molar-refractivity contribution in [3.05, 3.63) is 101 Å². The minimum Gasteiger partial charge on any atom is -0.297 e. The Hall–Kier alpha value is -3.25. The van der Waals surface area contributed by atoms with Crippen LogP contribution in [0.15, 0.2) is 84.0 Å². The van der Waals surface area contributed by atoms with Crippen LogP contribution in [-0.4, -0.2) is 25.8 Å². The van der Waals surface area contributed by atoms with E-state index in [1.165, 1.54) is 17.8 Å². The zero-order chi connectivity index (χ0) is 21.8. The molecule has 6 heteroatoms. The van der Waals surface area contributed by atoms with Crippen LogP contribution in [0.2, 0.25) is 0 Å². The minimum atomic E-state index is -0.366. The molecule has 0 spiro atoms. The molecule has 4 aromatic rings. The van der Waals surface area contributed by atoms with E-state index in [9.17, 15) is 9.18 Å². The molecule has 1 heterocycles. The molecule has 0 aliphatic carbocycles. The predicted molar refractivity (Wildman–Crippen MR) is 122 cm³/mol. The summed E-state index contributed by atoms with van der Waals surface area (Å²) in [6.07, 6.45) is 0. The van der Waals surface area contributed by atoms with Crippen LogP contribution in [0, 0.1) is 12.7 Å². The lowest BCUT2D eigenvalue weighted by Gasteiger charge is -2.14. The molecule has 0 N–H and O–H groups in total. The van der Waals surface area contributed by atoms with Gasteiger partial charge in [-0.2, -0.15) is 0 Å². The van der Waals surface area contributed by atoms with Crippen molar-refractivity contribution >= 4 is 17.5 Å². The standard InChI is InChI=1S/C25H22FN3OS/c1-17-12-14-20(15-13-17)23(30)18(2)31-25-28-27-24(21-10-6-7-11-22(21)26)29(25)16-19-8-4-3-5-9-19/h3-15,18H,16H2,1-2H3/t18-/m0/s1. The molecule has 1 atom stereocenters. The normalized spacial score (nSPS) is 12.0. The second-order valence-corrected chi connectivity index (χ2v) is 8.66. The van der Waals surface area contributed by atoms with Gasteiger partial charge in [0.05, 0.1) is 17.4 Å². The molecule has 31 heavy (non-hydrogen) atoms. The molecule has 0 aliphatic heterocycles. The SMILES string of the molecule is Cc1ccc(C(=O)[C@H](C)Sc2nnc(-c3ccccc3F)n2Cc2ccccc2)cc1. The molecule has 3 aromatic carbocycles. The van der Waals surface area contributed by atoms with Crippen LogP contribution in [0.3, 0.4) is 0 Å². The monoisotopic (exact) mass is 431 g/mol. The van der Waals surface area contributed by atoms with E-state index in [1.54, 1.807) is 18.2 Å². The first-order valence-electron chi connectivity index (χ1n) is 10.0. The fourth-order valence-corrected chi connectivity index (χ4v) is 4.22. The van der Waals surface area contributed by atoms with Gasteiger partial charge in [0.1, 0.15) is 5.82 Å². The molecule has 0 saturated carbocycles. The number of hydrogen-bond acceptors (Lipinski definition) is 4. The van der Waals surface area contributed by atoms with Crippen molar-refractivity contribution in [2.24, 2.45) is 0 Å². The highest BCUT2D eigenvalue weighted by molar-refractivity contribution is 8.00. The van der Waals surface area contributed by atoms with Crippen LogP contribution in [0.25, 0.3) is 11.4 Å². The summed E-state index contributed by atoms with van der Waals surface area (Å²) in [5.74, 6) is 0.107. The summed E-state index contributed by atoms with van der Waals surface area (Å²) < 4.78 is 16.4. The topological polar surface area (TPSA) is 47.8 Å². The maximum absolute atomic E-state index is 14.5. The van der Waals surface area contributed by atoms with Crippen molar-refractivity contribution in [1.82, 2.24) is 14.8 Å². The van der Waals surface area contributed by atoms with Gasteiger partial charge in [-0.3, -0.25) is 9.36 Å². The van der Waals surface area contributed by atoms with E-state index < -0.39 is 0 Å². The first-order valence-corrected chi connectivity index (χ1v) is 10.9. The molecular weight excluding hydrogens is 409 g/mol. The molecule has 4 rings (SSSR count). The van der Waals surface area contributed by atoms with Gasteiger partial charge in [-0.15, -0.1) is 10.2 Å². The van der Waals surface area contributed by atoms with Crippen LogP contribution in [0.5, 0.6) is 0 Å². The van der Waals surface area contributed by atoms with Gasteiger partial charge in [-0.05, 0) is 31.5 Å². The van der Waals surface area contributed by atoms with Crippen molar-refractivity contribution in [2.45, 2.75) is 30.8 Å². The molecule has 4 nitrogen and oxygen atoms in total. The van der Waals surface area contributed by atoms with E-state index in [0.717, 1.165) is 11.1 Å². The zero-order valence-electron chi connectivity index (χ0n) is 17.3. The lowest BCUT2D eigenvalue weighted by molar-refractivity contribution is 0.0994. The maximum atomic E-state index is 14.5. The summed E-state index contributed by atoms with van der Waals surface area (Å²) in [6, 6.07) is 23.9. The number of rotatable bonds is 7. The number of halogens is 1. The molecular formula is C25H22FN3OS. The second kappa shape index (κ2) is 9.27. The van der Waals surface area contributed by atoms with Gasteiger partial charge in [-0.25, -0.2) is 4.39 Å². The largest absolute Gasteiger partial charge is 0.297 e. The number of aromatic nitrogens is 3. The number of nitrogens with zero attached hydrogens (tertiary/aromatic N) is 3. The van der Waals surface area contributed by atoms with Gasteiger partial charge in [0.25, 0.3) is 0 Å². The number of aryl methyl sites for hydroxylation is 1. The first kappa shape index (κ1) is 21.0. The molecule has 0 radical (unpaired) electrons. The van der Waals surface area contributed by atoms with Crippen molar-refractivity contribution in [3.63, 3.8) is 0 Å². The average Bonchev–Trinajstić information content (AvgIpc) is 3.16. The Morgan fingerprint density at radius 2 is 1.65 bits per heavy atom. The molecule has 0 amide bonds. The average molecular weight is 432 g/mol. The number of carbonyl (C=O) groups excluding carboxylic acids is 1. The van der Waals surface area contributed by atoms with Crippen molar-refractivity contribution in [1.29, 1.82) is 0 Å². The highest BCUT2D eigenvalue weighted by Gasteiger charge is 2.23. The molecule has 1 aromatic heterocycles. The number of carbonyl (C=O) groups is 1. The minimum absolute atomic E-state index is 0.0201. The van der Waals surface area contributed by atoms with E-state index in [0.29, 0.717) is 28.7 Å². The predicted octanol–water partition coefficient (Wildman–Crippen LogP) is 5.80. The maximum Gasteiger partial charge on any atom is 0.192 e. The molecule has 0 bridgehead atoms. The lowest BCUT2D eigenvalue weighted by atomic mass is 10.1. The Balaban J connectivity index is 1.67. The lowest BCUT2D eigenvalue weighted by Crippen LogP contribution is -2.15. The van der Waals surface area contributed by atoms with Crippen molar-refractivity contribution in [3.8, 4) is 11.4 Å². The number of benzene rings is 3. The van der Waals surface area contributed by atoms with Crippen LogP contribution >= 0.6 is 11.8 Å². The summed E-state index contributed by atoms with van der Waals surface area (Å²) in [4.78, 5) is 12.9. The quantitative estimate of drug-likeness (QED) is 0.274. The first-order chi connectivity index (χ1) is 15.0. The number of Topliss-reactive ketones (excluding diaryl/α,β-unsaturated/α-hetero) is 1.